The van der Waals surface area contributed by atoms with Crippen molar-refractivity contribution in [1.82, 2.24) is 0 Å². The van der Waals surface area contributed by atoms with Gasteiger partial charge in [0, 0.05) is 0 Å². The molecular weight excluding hydrogens is 90.1 g/mol. The minimum Gasteiger partial charge on any atom is -0.353 e. The summed E-state index contributed by atoms with van der Waals surface area (Å²) in [5.41, 5.74) is 0. The molecule has 0 rings (SSSR count). The predicted octanol–water partition coefficient (Wildman–Crippen LogP) is 0.821. The average molecular weight is 104 g/mol. The van der Waals surface area contributed by atoms with Gasteiger partial charge >= 0.3 is 1.43 Å². The van der Waals surface area contributed by atoms with E-state index in [1.807, 2.05) is 0 Å². The zero-order valence-corrected chi connectivity index (χ0v) is 5.72. The molecule has 0 heterocycles. The summed E-state index contributed by atoms with van der Waals surface area (Å²) in [6, 6.07) is 2.49. The summed E-state index contributed by atoms with van der Waals surface area (Å²) in [5, 5.41) is 5.61. The Balaban J connectivity index is 0. The highest BCUT2D eigenvalue weighted by Crippen LogP contribution is 1.86. The van der Waals surface area contributed by atoms with E-state index >= 15 is 0 Å². The fourth-order valence-corrected chi connectivity index (χ4v) is 0.866. The maximum atomic E-state index is 5.61. The largest absolute Gasteiger partial charge is 1.00 e. The Labute approximate surface area is 42.7 Å². The lowest BCUT2D eigenvalue weighted by molar-refractivity contribution is 1.29. The van der Waals surface area contributed by atoms with Crippen LogP contribution in [-0.2, 0) is 0 Å². The highest BCUT2D eigenvalue weighted by atomic mass is 28.3. The molecule has 0 amide bonds. The Hall–Kier alpha value is 0.177. The van der Waals surface area contributed by atoms with Gasteiger partial charge in [-0.1, -0.05) is 25.9 Å². The molecule has 38 valence electrons. The van der Waals surface area contributed by atoms with Crippen LogP contribution in [0.15, 0.2) is 0 Å². The third-order valence-corrected chi connectivity index (χ3v) is 3.15. The standard InChI is InChI=1S/C4H13NSi/c1-3-6(5)4-2/h6H,3-5H2,1-2H3/p+1. The number of rotatable bonds is 2. The molecule has 0 aliphatic heterocycles. The van der Waals surface area contributed by atoms with E-state index in [1.54, 1.807) is 0 Å². The number of nitrogens with two attached hydrogens (primary N) is 1. The Bertz CT molecular complexity index is 30.9. The van der Waals surface area contributed by atoms with Crippen LogP contribution >= 0.6 is 0 Å². The molecular formula is C4H14NSi+. The van der Waals surface area contributed by atoms with Gasteiger partial charge in [-0.15, -0.1) is 0 Å². The van der Waals surface area contributed by atoms with Crippen molar-refractivity contribution >= 4 is 8.96 Å². The number of hydrogen-bond acceptors (Lipinski definition) is 1. The Morgan fingerprint density at radius 2 is 1.83 bits per heavy atom. The van der Waals surface area contributed by atoms with Crippen LogP contribution in [0.2, 0.25) is 12.1 Å². The molecule has 2 N–H and O–H groups in total. The van der Waals surface area contributed by atoms with Gasteiger partial charge in [0.05, 0.1) is 0 Å². The molecule has 0 bridgehead atoms. The van der Waals surface area contributed by atoms with E-state index < -0.39 is 8.96 Å². The molecule has 6 heavy (non-hydrogen) atoms. The van der Waals surface area contributed by atoms with Crippen LogP contribution in [0.5, 0.6) is 0 Å². The van der Waals surface area contributed by atoms with Gasteiger partial charge in [-0.05, 0) is 0 Å². The highest BCUT2D eigenvalue weighted by molar-refractivity contribution is 6.54. The lowest BCUT2D eigenvalue weighted by Gasteiger charge is -1.96. The zero-order valence-electron chi connectivity index (χ0n) is 5.57. The van der Waals surface area contributed by atoms with Crippen LogP contribution in [0.1, 0.15) is 15.3 Å². The number of hydrogen-bond donors (Lipinski definition) is 1. The van der Waals surface area contributed by atoms with E-state index in [-0.39, 0.29) is 1.43 Å². The fraction of sp³-hybridized carbons (Fsp3) is 1.00. The summed E-state index contributed by atoms with van der Waals surface area (Å²) in [4.78, 5) is 0. The third-order valence-electron chi connectivity index (χ3n) is 1.05. The smallest absolute Gasteiger partial charge is 0.353 e. The van der Waals surface area contributed by atoms with Crippen molar-refractivity contribution in [2.24, 2.45) is 5.40 Å². The van der Waals surface area contributed by atoms with Crippen LogP contribution < -0.4 is 5.40 Å². The van der Waals surface area contributed by atoms with Crippen LogP contribution in [0.3, 0.4) is 0 Å². The van der Waals surface area contributed by atoms with Crippen LogP contribution in [-0.4, -0.2) is 8.96 Å². The van der Waals surface area contributed by atoms with Gasteiger partial charge < -0.3 is 5.40 Å². The van der Waals surface area contributed by atoms with Crippen molar-refractivity contribution in [3.63, 3.8) is 0 Å². The van der Waals surface area contributed by atoms with Gasteiger partial charge in [-0.25, -0.2) is 0 Å². The molecule has 0 aliphatic rings. The molecule has 0 aromatic rings. The van der Waals surface area contributed by atoms with Crippen molar-refractivity contribution in [2.75, 3.05) is 0 Å². The SMILES string of the molecule is CC[SiH](N)CC.[H+]. The van der Waals surface area contributed by atoms with Crippen molar-refractivity contribution in [1.29, 1.82) is 0 Å². The van der Waals surface area contributed by atoms with Crippen molar-refractivity contribution in [3.05, 3.63) is 0 Å². The Morgan fingerprint density at radius 3 is 1.83 bits per heavy atom. The van der Waals surface area contributed by atoms with E-state index in [0.717, 1.165) is 0 Å². The summed E-state index contributed by atoms with van der Waals surface area (Å²) in [5.74, 6) is 0. The quantitative estimate of drug-likeness (QED) is 0.516. The third kappa shape index (κ3) is 2.42. The first kappa shape index (κ1) is 6.18. The summed E-state index contributed by atoms with van der Waals surface area (Å²) < 4.78 is 0. The van der Waals surface area contributed by atoms with Crippen molar-refractivity contribution < 1.29 is 1.43 Å². The molecule has 0 aromatic heterocycles. The molecule has 0 atom stereocenters. The molecule has 0 aromatic carbocycles. The monoisotopic (exact) mass is 104 g/mol. The van der Waals surface area contributed by atoms with Crippen molar-refractivity contribution in [3.8, 4) is 0 Å². The van der Waals surface area contributed by atoms with Crippen molar-refractivity contribution in [2.45, 2.75) is 25.9 Å². The molecule has 0 spiro atoms. The second-order valence-electron chi connectivity index (χ2n) is 1.58. The molecule has 2 heteroatoms. The van der Waals surface area contributed by atoms with E-state index in [2.05, 4.69) is 13.8 Å². The Morgan fingerprint density at radius 1 is 1.50 bits per heavy atom. The molecule has 0 radical (unpaired) electrons. The van der Waals surface area contributed by atoms with Gasteiger partial charge in [0.1, 0.15) is 8.96 Å². The van der Waals surface area contributed by atoms with Gasteiger partial charge in [-0.2, -0.15) is 0 Å². The second-order valence-corrected chi connectivity index (χ2v) is 4.73. The fourth-order valence-electron chi connectivity index (χ4n) is 0.289. The maximum Gasteiger partial charge on any atom is 1.00 e. The van der Waals surface area contributed by atoms with E-state index in [9.17, 15) is 0 Å². The molecule has 0 unspecified atom stereocenters. The first-order valence-electron chi connectivity index (χ1n) is 2.56. The van der Waals surface area contributed by atoms with Gasteiger partial charge in [0.2, 0.25) is 0 Å². The summed E-state index contributed by atoms with van der Waals surface area (Å²) in [6.07, 6.45) is 0. The average Bonchev–Trinajstić information content (AvgIpc) is 1.65. The molecule has 0 saturated heterocycles. The van der Waals surface area contributed by atoms with Gasteiger partial charge in [0.15, 0.2) is 0 Å². The topological polar surface area (TPSA) is 26.0 Å². The molecule has 0 saturated carbocycles. The minimum absolute atomic E-state index is 0. The summed E-state index contributed by atoms with van der Waals surface area (Å²) >= 11 is 0. The Kier molecular flexibility index (Phi) is 3.47. The second kappa shape index (κ2) is 3.37. The van der Waals surface area contributed by atoms with E-state index in [1.165, 1.54) is 12.1 Å². The normalized spacial score (nSPS) is 10.0. The zero-order chi connectivity index (χ0) is 4.99. The van der Waals surface area contributed by atoms with Crippen LogP contribution in [0, 0.1) is 0 Å². The van der Waals surface area contributed by atoms with E-state index in [4.69, 9.17) is 5.40 Å². The van der Waals surface area contributed by atoms with Crippen LogP contribution in [0.25, 0.3) is 0 Å². The first-order chi connectivity index (χ1) is 2.81. The van der Waals surface area contributed by atoms with Crippen LogP contribution in [0.4, 0.5) is 0 Å². The molecule has 1 nitrogen and oxygen atoms in total. The summed E-state index contributed by atoms with van der Waals surface area (Å²) in [6.45, 7) is 4.33. The maximum absolute atomic E-state index is 5.61. The predicted molar refractivity (Wildman–Crippen MR) is 33.4 cm³/mol. The van der Waals surface area contributed by atoms with Gasteiger partial charge in [-0.3, -0.25) is 0 Å². The first-order valence-corrected chi connectivity index (χ1v) is 4.86. The lowest BCUT2D eigenvalue weighted by atomic mass is 10.9. The lowest BCUT2D eigenvalue weighted by Crippen LogP contribution is -2.21. The molecule has 0 aliphatic carbocycles. The van der Waals surface area contributed by atoms with Gasteiger partial charge in [0.25, 0.3) is 0 Å². The summed E-state index contributed by atoms with van der Waals surface area (Å²) in [7, 11) is -0.660. The van der Waals surface area contributed by atoms with E-state index in [0.29, 0.717) is 0 Å². The molecule has 0 fully saturated rings. The highest BCUT2D eigenvalue weighted by Gasteiger charge is 1.92. The minimum atomic E-state index is -0.660.